The normalized spacial score (nSPS) is 10.5. The molecular formula is C7H9NOS. The fourth-order valence-electron chi connectivity index (χ4n) is 0.570. The summed E-state index contributed by atoms with van der Waals surface area (Å²) in [6.07, 6.45) is 1.63. The lowest BCUT2D eigenvalue weighted by Gasteiger charge is -1.92. The summed E-state index contributed by atoms with van der Waals surface area (Å²) in [5, 5.41) is 5.65. The van der Waals surface area contributed by atoms with Crippen molar-refractivity contribution in [3.63, 3.8) is 0 Å². The molecule has 54 valence electrons. The third-order valence-electron chi connectivity index (χ3n) is 0.967. The van der Waals surface area contributed by atoms with E-state index in [0.717, 1.165) is 0 Å². The van der Waals surface area contributed by atoms with E-state index in [0.29, 0.717) is 6.61 Å². The van der Waals surface area contributed by atoms with Crippen molar-refractivity contribution in [1.29, 1.82) is 0 Å². The van der Waals surface area contributed by atoms with E-state index in [-0.39, 0.29) is 0 Å². The van der Waals surface area contributed by atoms with Gasteiger partial charge in [0, 0.05) is 11.1 Å². The summed E-state index contributed by atoms with van der Waals surface area (Å²) in [4.78, 5) is 6.11. The largest absolute Gasteiger partial charge is 0.390 e. The smallest absolute Gasteiger partial charge is 0.151 e. The molecule has 0 aliphatic rings. The Morgan fingerprint density at radius 2 is 2.70 bits per heavy atom. The highest BCUT2D eigenvalue weighted by atomic mass is 32.1. The Bertz CT molecular complexity index is 193. The fourth-order valence-corrected chi connectivity index (χ4v) is 1.18. The third kappa shape index (κ3) is 2.19. The molecule has 0 atom stereocenters. The van der Waals surface area contributed by atoms with Crippen LogP contribution in [0.2, 0.25) is 0 Å². The van der Waals surface area contributed by atoms with Crippen molar-refractivity contribution < 1.29 is 4.84 Å². The minimum atomic E-state index is 0.585. The van der Waals surface area contributed by atoms with Gasteiger partial charge in [-0.1, -0.05) is 11.2 Å². The Kier molecular flexibility index (Phi) is 2.96. The molecule has 10 heavy (non-hydrogen) atoms. The molecule has 1 heterocycles. The summed E-state index contributed by atoms with van der Waals surface area (Å²) in [6.45, 7) is 2.41. The summed E-state index contributed by atoms with van der Waals surface area (Å²) < 4.78 is 0. The van der Waals surface area contributed by atoms with Gasteiger partial charge in [-0.15, -0.1) is 11.3 Å². The molecule has 0 bridgehead atoms. The first-order valence-electron chi connectivity index (χ1n) is 3.06. The summed E-state index contributed by atoms with van der Waals surface area (Å²) >= 11 is 1.67. The van der Waals surface area contributed by atoms with E-state index in [1.54, 1.807) is 17.6 Å². The molecule has 0 amide bonds. The zero-order valence-corrected chi connectivity index (χ0v) is 6.60. The number of hydrogen-bond acceptors (Lipinski definition) is 3. The van der Waals surface area contributed by atoms with Gasteiger partial charge in [0.2, 0.25) is 0 Å². The zero-order valence-electron chi connectivity index (χ0n) is 5.78. The molecule has 0 N–H and O–H groups in total. The van der Waals surface area contributed by atoms with Gasteiger partial charge in [-0.25, -0.2) is 0 Å². The average molecular weight is 155 g/mol. The fraction of sp³-hybridized carbons (Fsp3) is 0.286. The molecule has 0 fully saturated rings. The standard InChI is InChI=1S/C7H9NOS/c1-2-8-9-6-7-4-3-5-10-7/h2-5H,6H2,1H3/b8-2+. The van der Waals surface area contributed by atoms with E-state index in [4.69, 9.17) is 4.84 Å². The lowest BCUT2D eigenvalue weighted by Crippen LogP contribution is -1.80. The van der Waals surface area contributed by atoms with E-state index >= 15 is 0 Å². The topological polar surface area (TPSA) is 21.6 Å². The molecule has 0 aromatic carbocycles. The summed E-state index contributed by atoms with van der Waals surface area (Å²) in [5.41, 5.74) is 0. The summed E-state index contributed by atoms with van der Waals surface area (Å²) in [6, 6.07) is 4.02. The Balaban J connectivity index is 2.28. The van der Waals surface area contributed by atoms with Gasteiger partial charge >= 0.3 is 0 Å². The Morgan fingerprint density at radius 1 is 1.80 bits per heavy atom. The molecule has 2 nitrogen and oxygen atoms in total. The van der Waals surface area contributed by atoms with Crippen LogP contribution in [-0.2, 0) is 11.4 Å². The van der Waals surface area contributed by atoms with Crippen molar-refractivity contribution in [2.45, 2.75) is 13.5 Å². The predicted molar refractivity (Wildman–Crippen MR) is 43.3 cm³/mol. The number of nitrogens with zero attached hydrogens (tertiary/aromatic N) is 1. The minimum Gasteiger partial charge on any atom is -0.390 e. The van der Waals surface area contributed by atoms with Gasteiger partial charge in [0.1, 0.15) is 0 Å². The lowest BCUT2D eigenvalue weighted by molar-refractivity contribution is 0.134. The molecule has 3 heteroatoms. The predicted octanol–water partition coefficient (Wildman–Crippen LogP) is 2.27. The molecule has 0 radical (unpaired) electrons. The van der Waals surface area contributed by atoms with Crippen LogP contribution in [0.5, 0.6) is 0 Å². The Morgan fingerprint density at radius 3 is 3.30 bits per heavy atom. The summed E-state index contributed by atoms with van der Waals surface area (Å²) in [5.74, 6) is 0. The first kappa shape index (κ1) is 7.28. The van der Waals surface area contributed by atoms with Crippen LogP contribution >= 0.6 is 11.3 Å². The van der Waals surface area contributed by atoms with Crippen LogP contribution in [0, 0.1) is 0 Å². The second-order valence-electron chi connectivity index (χ2n) is 1.72. The van der Waals surface area contributed by atoms with Crippen molar-refractivity contribution in [3.05, 3.63) is 22.4 Å². The van der Waals surface area contributed by atoms with Crippen LogP contribution in [-0.4, -0.2) is 6.21 Å². The van der Waals surface area contributed by atoms with Gasteiger partial charge in [-0.2, -0.15) is 0 Å². The number of thiophene rings is 1. The number of rotatable bonds is 3. The highest BCUT2D eigenvalue weighted by molar-refractivity contribution is 7.09. The Labute approximate surface area is 64.1 Å². The highest BCUT2D eigenvalue weighted by Gasteiger charge is 1.89. The van der Waals surface area contributed by atoms with Gasteiger partial charge in [-0.3, -0.25) is 0 Å². The van der Waals surface area contributed by atoms with Gasteiger partial charge < -0.3 is 4.84 Å². The first-order valence-corrected chi connectivity index (χ1v) is 3.94. The molecule has 1 aromatic rings. The van der Waals surface area contributed by atoms with Crippen molar-refractivity contribution in [2.24, 2.45) is 5.16 Å². The minimum absolute atomic E-state index is 0.585. The maximum Gasteiger partial charge on any atom is 0.151 e. The second kappa shape index (κ2) is 4.06. The lowest BCUT2D eigenvalue weighted by atomic mass is 10.5. The molecule has 0 aliphatic carbocycles. The van der Waals surface area contributed by atoms with Crippen molar-refractivity contribution in [3.8, 4) is 0 Å². The van der Waals surface area contributed by atoms with Gasteiger partial charge in [-0.05, 0) is 18.4 Å². The van der Waals surface area contributed by atoms with E-state index < -0.39 is 0 Å². The molecule has 0 spiro atoms. The molecule has 1 rings (SSSR count). The van der Waals surface area contributed by atoms with Crippen molar-refractivity contribution in [1.82, 2.24) is 0 Å². The molecule has 0 aliphatic heterocycles. The molecule has 0 saturated carbocycles. The molecular weight excluding hydrogens is 146 g/mol. The maximum atomic E-state index is 4.91. The van der Waals surface area contributed by atoms with Crippen LogP contribution in [0.25, 0.3) is 0 Å². The molecule has 0 unspecified atom stereocenters. The molecule has 1 aromatic heterocycles. The van der Waals surface area contributed by atoms with Crippen LogP contribution in [0.1, 0.15) is 11.8 Å². The van der Waals surface area contributed by atoms with Crippen LogP contribution < -0.4 is 0 Å². The van der Waals surface area contributed by atoms with Gasteiger partial charge in [0.05, 0.1) is 0 Å². The molecule has 0 saturated heterocycles. The second-order valence-corrected chi connectivity index (χ2v) is 2.75. The quantitative estimate of drug-likeness (QED) is 0.484. The SMILES string of the molecule is C/C=N/OCc1cccs1. The van der Waals surface area contributed by atoms with E-state index in [1.807, 2.05) is 24.4 Å². The first-order chi connectivity index (χ1) is 4.93. The third-order valence-corrected chi connectivity index (χ3v) is 1.82. The zero-order chi connectivity index (χ0) is 7.23. The van der Waals surface area contributed by atoms with Crippen molar-refractivity contribution in [2.75, 3.05) is 0 Å². The Hall–Kier alpha value is -0.830. The number of oxime groups is 1. The van der Waals surface area contributed by atoms with Crippen LogP contribution in [0.4, 0.5) is 0 Å². The maximum absolute atomic E-state index is 4.91. The van der Waals surface area contributed by atoms with Gasteiger partial charge in [0.25, 0.3) is 0 Å². The van der Waals surface area contributed by atoms with Crippen LogP contribution in [0.3, 0.4) is 0 Å². The summed E-state index contributed by atoms with van der Waals surface area (Å²) in [7, 11) is 0. The average Bonchev–Trinajstić information content (AvgIpc) is 2.41. The monoisotopic (exact) mass is 155 g/mol. The van der Waals surface area contributed by atoms with E-state index in [2.05, 4.69) is 5.16 Å². The number of hydrogen-bond donors (Lipinski definition) is 0. The van der Waals surface area contributed by atoms with Crippen LogP contribution in [0.15, 0.2) is 22.7 Å². The highest BCUT2D eigenvalue weighted by Crippen LogP contribution is 2.09. The van der Waals surface area contributed by atoms with E-state index in [1.165, 1.54) is 4.88 Å². The van der Waals surface area contributed by atoms with Crippen molar-refractivity contribution >= 4 is 17.6 Å². The van der Waals surface area contributed by atoms with Gasteiger partial charge in [0.15, 0.2) is 6.61 Å². The van der Waals surface area contributed by atoms with E-state index in [9.17, 15) is 0 Å².